The number of nitrogens with zero attached hydrogens (tertiary/aromatic N) is 7. The lowest BCUT2D eigenvalue weighted by Gasteiger charge is -2.11. The van der Waals surface area contributed by atoms with E-state index in [2.05, 4.69) is 9.97 Å². The van der Waals surface area contributed by atoms with E-state index in [-0.39, 0.29) is 0 Å². The molecule has 0 spiro atoms. The van der Waals surface area contributed by atoms with Gasteiger partial charge in [-0.15, -0.1) is 0 Å². The van der Waals surface area contributed by atoms with Gasteiger partial charge in [0.15, 0.2) is 0 Å². The molecular formula is C46H31N7O4. The van der Waals surface area contributed by atoms with Crippen LogP contribution in [0.3, 0.4) is 0 Å². The maximum Gasteiger partial charge on any atom is 0.234 e. The number of ether oxygens (including phenoxy) is 4. The van der Waals surface area contributed by atoms with Crippen LogP contribution in [0.4, 0.5) is 0 Å². The third kappa shape index (κ3) is 6.70. The molecule has 0 saturated heterocycles. The number of aromatic nitrogens is 7. The summed E-state index contributed by atoms with van der Waals surface area (Å²) in [6.07, 6.45) is 6.99. The molecule has 0 fully saturated rings. The second kappa shape index (κ2) is 14.3. The molecule has 0 radical (unpaired) electrons. The van der Waals surface area contributed by atoms with Crippen LogP contribution in [0.1, 0.15) is 0 Å². The minimum Gasteiger partial charge on any atom is -0.457 e. The summed E-state index contributed by atoms with van der Waals surface area (Å²) in [4.78, 5) is 23.2. The van der Waals surface area contributed by atoms with E-state index in [4.69, 9.17) is 33.9 Å². The van der Waals surface area contributed by atoms with E-state index < -0.39 is 0 Å². The summed E-state index contributed by atoms with van der Waals surface area (Å²) in [6, 6.07) is 46.0. The first kappa shape index (κ1) is 33.5. The average Bonchev–Trinajstić information content (AvgIpc) is 3.75. The molecule has 0 saturated carbocycles. The highest BCUT2D eigenvalue weighted by Gasteiger charge is 2.18. The van der Waals surface area contributed by atoms with Crippen LogP contribution in [0.5, 0.6) is 46.3 Å². The molecule has 0 bridgehead atoms. The Bertz CT molecular complexity index is 2900. The summed E-state index contributed by atoms with van der Waals surface area (Å²) in [6.45, 7) is 0. The molecule has 0 amide bonds. The SMILES string of the molecule is Cn1c(-c2cnc(-n3c4cc(Oc5cccc(Oc6ccccn6)c5)ccc4c4ccc(Oc5cccc(Oc6ccccn6)c5)cc43)nc2)nc2ccccc21. The Morgan fingerprint density at radius 1 is 0.439 bits per heavy atom. The van der Waals surface area contributed by atoms with Crippen molar-refractivity contribution in [2.45, 2.75) is 0 Å². The van der Waals surface area contributed by atoms with Crippen molar-refractivity contribution < 1.29 is 18.9 Å². The highest BCUT2D eigenvalue weighted by Crippen LogP contribution is 2.38. The topological polar surface area (TPSA) is 111 Å². The van der Waals surface area contributed by atoms with Gasteiger partial charge in [0.05, 0.1) is 27.6 Å². The Balaban J connectivity index is 1.03. The van der Waals surface area contributed by atoms with Gasteiger partial charge < -0.3 is 23.5 Å². The minimum atomic E-state index is 0.475. The van der Waals surface area contributed by atoms with E-state index in [9.17, 15) is 0 Å². The first-order chi connectivity index (χ1) is 28.1. The third-order valence-electron chi connectivity index (χ3n) is 9.40. The molecule has 0 aliphatic heterocycles. The fourth-order valence-corrected chi connectivity index (χ4v) is 6.81. The van der Waals surface area contributed by atoms with Crippen molar-refractivity contribution in [2.24, 2.45) is 7.05 Å². The summed E-state index contributed by atoms with van der Waals surface area (Å²) < 4.78 is 28.8. The molecule has 5 heterocycles. The van der Waals surface area contributed by atoms with E-state index in [1.807, 2.05) is 162 Å². The van der Waals surface area contributed by atoms with Gasteiger partial charge in [-0.05, 0) is 72.8 Å². The van der Waals surface area contributed by atoms with Crippen LogP contribution in [0.2, 0.25) is 0 Å². The number of fused-ring (bicyclic) bond motifs is 4. The highest BCUT2D eigenvalue weighted by atomic mass is 16.5. The minimum absolute atomic E-state index is 0.475. The molecule has 5 aromatic carbocycles. The van der Waals surface area contributed by atoms with Crippen LogP contribution in [0, 0.1) is 0 Å². The molecule has 11 nitrogen and oxygen atoms in total. The van der Waals surface area contributed by atoms with Crippen molar-refractivity contribution in [3.63, 3.8) is 0 Å². The molecule has 0 atom stereocenters. The first-order valence-corrected chi connectivity index (χ1v) is 18.2. The fourth-order valence-electron chi connectivity index (χ4n) is 6.81. The summed E-state index contributed by atoms with van der Waals surface area (Å²) in [7, 11) is 2.00. The van der Waals surface area contributed by atoms with E-state index in [1.165, 1.54) is 0 Å². The quantitative estimate of drug-likeness (QED) is 0.135. The summed E-state index contributed by atoms with van der Waals surface area (Å²) in [5.74, 6) is 5.93. The molecule has 0 aliphatic rings. The van der Waals surface area contributed by atoms with Gasteiger partial charge in [-0.25, -0.2) is 24.9 Å². The van der Waals surface area contributed by atoms with Crippen LogP contribution in [0.15, 0.2) is 170 Å². The summed E-state index contributed by atoms with van der Waals surface area (Å²) >= 11 is 0. The zero-order valence-electron chi connectivity index (χ0n) is 30.4. The molecule has 11 heteroatoms. The molecule has 10 aromatic rings. The van der Waals surface area contributed by atoms with Gasteiger partial charge in [-0.3, -0.25) is 4.57 Å². The van der Waals surface area contributed by atoms with Crippen LogP contribution in [-0.4, -0.2) is 34.1 Å². The van der Waals surface area contributed by atoms with Crippen molar-refractivity contribution in [2.75, 3.05) is 0 Å². The molecule has 10 rings (SSSR count). The van der Waals surface area contributed by atoms with Gasteiger partial charge in [0.2, 0.25) is 17.7 Å². The van der Waals surface area contributed by atoms with Crippen molar-refractivity contribution in [1.29, 1.82) is 0 Å². The Morgan fingerprint density at radius 3 is 1.47 bits per heavy atom. The smallest absolute Gasteiger partial charge is 0.234 e. The van der Waals surface area contributed by atoms with Crippen molar-refractivity contribution >= 4 is 32.8 Å². The molecule has 274 valence electrons. The van der Waals surface area contributed by atoms with E-state index in [0.29, 0.717) is 52.2 Å². The Morgan fingerprint density at radius 2 is 0.947 bits per heavy atom. The molecule has 5 aromatic heterocycles. The van der Waals surface area contributed by atoms with Gasteiger partial charge in [0, 0.05) is 79.0 Å². The first-order valence-electron chi connectivity index (χ1n) is 18.2. The number of aryl methyl sites for hydroxylation is 1. The summed E-state index contributed by atoms with van der Waals surface area (Å²) in [5.41, 5.74) is 4.43. The second-order valence-electron chi connectivity index (χ2n) is 13.1. The van der Waals surface area contributed by atoms with Crippen LogP contribution in [0.25, 0.3) is 50.2 Å². The van der Waals surface area contributed by atoms with Gasteiger partial charge in [0.25, 0.3) is 0 Å². The standard InChI is InChI=1S/C46H31N7O4/c1-52-40-15-3-2-14-39(40)51-45(52)30-28-49-46(50-29-30)53-41-26-35(54-31-10-8-12-33(24-31)56-43-16-4-6-22-47-43)18-20-37(41)38-21-19-36(27-42(38)53)55-32-11-9-13-34(25-32)57-44-17-5-7-23-48-44/h2-29H,1H3. The lowest BCUT2D eigenvalue weighted by Crippen LogP contribution is -2.02. The normalized spacial score (nSPS) is 11.2. The number of hydrogen-bond acceptors (Lipinski definition) is 9. The molecule has 57 heavy (non-hydrogen) atoms. The summed E-state index contributed by atoms with van der Waals surface area (Å²) in [5, 5.41) is 1.98. The predicted octanol–water partition coefficient (Wildman–Crippen LogP) is 11.1. The van der Waals surface area contributed by atoms with Gasteiger partial charge in [-0.2, -0.15) is 0 Å². The van der Waals surface area contributed by atoms with E-state index >= 15 is 0 Å². The van der Waals surface area contributed by atoms with Crippen LogP contribution in [-0.2, 0) is 7.05 Å². The predicted molar refractivity (Wildman–Crippen MR) is 218 cm³/mol. The van der Waals surface area contributed by atoms with Gasteiger partial charge in [0.1, 0.15) is 40.3 Å². The number of benzene rings is 5. The monoisotopic (exact) mass is 745 g/mol. The van der Waals surface area contributed by atoms with Gasteiger partial charge >= 0.3 is 0 Å². The molecular weight excluding hydrogens is 715 g/mol. The maximum absolute atomic E-state index is 6.42. The lowest BCUT2D eigenvalue weighted by atomic mass is 10.1. The maximum atomic E-state index is 6.42. The number of imidazole rings is 1. The third-order valence-corrected chi connectivity index (χ3v) is 9.40. The molecule has 0 N–H and O–H groups in total. The number of hydrogen-bond donors (Lipinski definition) is 0. The van der Waals surface area contributed by atoms with Gasteiger partial charge in [-0.1, -0.05) is 36.4 Å². The molecule has 0 unspecified atom stereocenters. The number of pyridine rings is 2. The van der Waals surface area contributed by atoms with Crippen molar-refractivity contribution in [3.8, 4) is 63.6 Å². The van der Waals surface area contributed by atoms with Crippen molar-refractivity contribution in [3.05, 3.63) is 170 Å². The zero-order valence-corrected chi connectivity index (χ0v) is 30.4. The van der Waals surface area contributed by atoms with Crippen LogP contribution < -0.4 is 18.9 Å². The highest BCUT2D eigenvalue weighted by molar-refractivity contribution is 6.09. The van der Waals surface area contributed by atoms with Crippen molar-refractivity contribution in [1.82, 2.24) is 34.1 Å². The van der Waals surface area contributed by atoms with E-state index in [1.54, 1.807) is 24.5 Å². The fraction of sp³-hybridized carbons (Fsp3) is 0.0217. The second-order valence-corrected chi connectivity index (χ2v) is 13.1. The lowest BCUT2D eigenvalue weighted by molar-refractivity contribution is 0.448. The number of rotatable bonds is 10. The Kier molecular flexibility index (Phi) is 8.41. The zero-order chi connectivity index (χ0) is 38.1. The number of para-hydroxylation sites is 2. The van der Waals surface area contributed by atoms with Crippen LogP contribution >= 0.6 is 0 Å². The average molecular weight is 746 g/mol. The Hall–Kier alpha value is -8.05. The Labute approximate surface area is 326 Å². The molecule has 0 aliphatic carbocycles. The largest absolute Gasteiger partial charge is 0.457 e. The van der Waals surface area contributed by atoms with E-state index in [0.717, 1.165) is 44.2 Å².